The highest BCUT2D eigenvalue weighted by Crippen LogP contribution is 2.00. The van der Waals surface area contributed by atoms with Crippen LogP contribution in [0.2, 0.25) is 0 Å². The average Bonchev–Trinajstić information content (AvgIpc) is 2.36. The van der Waals surface area contributed by atoms with Gasteiger partial charge in [0.15, 0.2) is 0 Å². The minimum Gasteiger partial charge on any atom is -0.481 e. The fraction of sp³-hybridized carbons (Fsp3) is 0.333. The third-order valence-electron chi connectivity index (χ3n) is 2.35. The number of hydrogen-bond donors (Lipinski definition) is 3. The molecular formula is C12H14N2O5. The lowest BCUT2D eigenvalue weighted by Gasteiger charge is -2.12. The summed E-state index contributed by atoms with van der Waals surface area (Å²) in [5, 5.41) is 19.5. The number of nitrogens with one attached hydrogen (secondary N) is 1. The molecule has 1 unspecified atom stereocenters. The summed E-state index contributed by atoms with van der Waals surface area (Å²) in [6, 6.07) is 3.87. The predicted molar refractivity (Wildman–Crippen MR) is 64.4 cm³/mol. The lowest BCUT2D eigenvalue weighted by molar-refractivity contribution is -0.147. The molecule has 1 amide bonds. The molecule has 1 aromatic heterocycles. The van der Waals surface area contributed by atoms with Crippen molar-refractivity contribution in [1.82, 2.24) is 10.3 Å². The molecule has 0 fully saturated rings. The van der Waals surface area contributed by atoms with E-state index in [4.69, 9.17) is 10.2 Å². The van der Waals surface area contributed by atoms with Crippen LogP contribution < -0.4 is 5.32 Å². The van der Waals surface area contributed by atoms with E-state index in [9.17, 15) is 14.4 Å². The van der Waals surface area contributed by atoms with Crippen LogP contribution in [0.3, 0.4) is 0 Å². The Hall–Kier alpha value is -2.44. The molecule has 0 bridgehead atoms. The Bertz CT molecular complexity index is 460. The summed E-state index contributed by atoms with van der Waals surface area (Å²) in [4.78, 5) is 36.7. The molecule has 7 nitrogen and oxygen atoms in total. The zero-order valence-corrected chi connectivity index (χ0v) is 10.1. The molecule has 0 aliphatic rings. The fourth-order valence-electron chi connectivity index (χ4n) is 1.43. The Morgan fingerprint density at radius 2 is 2.00 bits per heavy atom. The molecule has 1 heterocycles. The molecule has 3 N–H and O–H groups in total. The van der Waals surface area contributed by atoms with E-state index in [0.29, 0.717) is 12.1 Å². The Morgan fingerprint density at radius 1 is 1.26 bits per heavy atom. The Labute approximate surface area is 109 Å². The molecule has 0 aliphatic carbocycles. The van der Waals surface area contributed by atoms with E-state index in [-0.39, 0.29) is 6.42 Å². The molecule has 0 spiro atoms. The van der Waals surface area contributed by atoms with Crippen LogP contribution in [0.25, 0.3) is 0 Å². The van der Waals surface area contributed by atoms with Crippen LogP contribution in [-0.4, -0.2) is 39.1 Å². The molecule has 0 radical (unpaired) electrons. The van der Waals surface area contributed by atoms with Gasteiger partial charge in [-0.05, 0) is 18.6 Å². The molecule has 0 aliphatic heterocycles. The molecule has 102 valence electrons. The number of aliphatic carboxylic acids is 2. The average molecular weight is 266 g/mol. The van der Waals surface area contributed by atoms with Gasteiger partial charge in [-0.1, -0.05) is 6.07 Å². The molecule has 1 rings (SSSR count). The van der Waals surface area contributed by atoms with Crippen LogP contribution in [0.5, 0.6) is 0 Å². The first-order chi connectivity index (χ1) is 8.99. The van der Waals surface area contributed by atoms with Gasteiger partial charge in [-0.2, -0.15) is 0 Å². The number of pyridine rings is 1. The number of carbonyl (C=O) groups is 3. The molecular weight excluding hydrogens is 252 g/mol. The molecule has 19 heavy (non-hydrogen) atoms. The van der Waals surface area contributed by atoms with E-state index in [1.165, 1.54) is 0 Å². The molecule has 0 saturated heterocycles. The number of carboxylic acid groups (broad SMARTS) is 2. The number of amides is 1. The van der Waals surface area contributed by atoms with Gasteiger partial charge in [0.25, 0.3) is 0 Å². The van der Waals surface area contributed by atoms with Crippen molar-refractivity contribution in [3.05, 3.63) is 30.1 Å². The van der Waals surface area contributed by atoms with Crippen molar-refractivity contribution in [2.45, 2.75) is 25.3 Å². The molecule has 1 atom stereocenters. The standard InChI is InChI=1S/C12H14N2O5/c15-10(5-4-8-3-1-2-6-13-8)14-9(12(18)19)7-11(16)17/h1-3,6,9H,4-5,7H2,(H,14,15)(H,16,17)(H,18,19). The monoisotopic (exact) mass is 266 g/mol. The zero-order valence-electron chi connectivity index (χ0n) is 10.1. The summed E-state index contributed by atoms with van der Waals surface area (Å²) in [6.45, 7) is 0. The van der Waals surface area contributed by atoms with Gasteiger partial charge in [-0.25, -0.2) is 4.79 Å². The van der Waals surface area contributed by atoms with Gasteiger partial charge >= 0.3 is 11.9 Å². The molecule has 7 heteroatoms. The highest BCUT2D eigenvalue weighted by atomic mass is 16.4. The zero-order chi connectivity index (χ0) is 14.3. The first-order valence-electron chi connectivity index (χ1n) is 5.63. The Kier molecular flexibility index (Phi) is 5.46. The second kappa shape index (κ2) is 7.10. The molecule has 0 saturated carbocycles. The lowest BCUT2D eigenvalue weighted by Crippen LogP contribution is -2.42. The van der Waals surface area contributed by atoms with Gasteiger partial charge in [0, 0.05) is 18.3 Å². The summed E-state index contributed by atoms with van der Waals surface area (Å²) in [6.07, 6.45) is 1.37. The molecule has 1 aromatic rings. The first kappa shape index (κ1) is 14.6. The number of carboxylic acids is 2. The third-order valence-corrected chi connectivity index (χ3v) is 2.35. The largest absolute Gasteiger partial charge is 0.481 e. The quantitative estimate of drug-likeness (QED) is 0.642. The van der Waals surface area contributed by atoms with Crippen LogP contribution >= 0.6 is 0 Å². The highest BCUT2D eigenvalue weighted by Gasteiger charge is 2.22. The second-order valence-electron chi connectivity index (χ2n) is 3.88. The fourth-order valence-corrected chi connectivity index (χ4v) is 1.43. The maximum absolute atomic E-state index is 11.5. The van der Waals surface area contributed by atoms with E-state index in [1.54, 1.807) is 24.4 Å². The van der Waals surface area contributed by atoms with Crippen molar-refractivity contribution in [2.24, 2.45) is 0 Å². The van der Waals surface area contributed by atoms with Gasteiger partial charge in [-0.3, -0.25) is 14.6 Å². The van der Waals surface area contributed by atoms with E-state index in [0.717, 1.165) is 0 Å². The number of hydrogen-bond acceptors (Lipinski definition) is 4. The van der Waals surface area contributed by atoms with Crippen LogP contribution in [0.15, 0.2) is 24.4 Å². The van der Waals surface area contributed by atoms with Crippen LogP contribution in [0.4, 0.5) is 0 Å². The van der Waals surface area contributed by atoms with Gasteiger partial charge in [0.1, 0.15) is 6.04 Å². The van der Waals surface area contributed by atoms with E-state index >= 15 is 0 Å². The van der Waals surface area contributed by atoms with Crippen molar-refractivity contribution in [1.29, 1.82) is 0 Å². The number of nitrogens with zero attached hydrogens (tertiary/aromatic N) is 1. The van der Waals surface area contributed by atoms with Crippen LogP contribution in [0, 0.1) is 0 Å². The van der Waals surface area contributed by atoms with Gasteiger partial charge in [0.05, 0.1) is 6.42 Å². The summed E-state index contributed by atoms with van der Waals surface area (Å²) in [5.74, 6) is -3.16. The van der Waals surface area contributed by atoms with Crippen molar-refractivity contribution in [3.63, 3.8) is 0 Å². The van der Waals surface area contributed by atoms with Gasteiger partial charge in [-0.15, -0.1) is 0 Å². The minimum absolute atomic E-state index is 0.0560. The Balaban J connectivity index is 2.45. The van der Waals surface area contributed by atoms with E-state index in [2.05, 4.69) is 10.3 Å². The van der Waals surface area contributed by atoms with Gasteiger partial charge in [0.2, 0.25) is 5.91 Å². The van der Waals surface area contributed by atoms with Crippen molar-refractivity contribution < 1.29 is 24.6 Å². The molecule has 0 aromatic carbocycles. The summed E-state index contributed by atoms with van der Waals surface area (Å²) in [7, 11) is 0. The number of aromatic nitrogens is 1. The number of aryl methyl sites for hydroxylation is 1. The van der Waals surface area contributed by atoms with Gasteiger partial charge < -0.3 is 15.5 Å². The normalized spacial score (nSPS) is 11.6. The number of carbonyl (C=O) groups excluding carboxylic acids is 1. The van der Waals surface area contributed by atoms with Crippen LogP contribution in [0.1, 0.15) is 18.5 Å². The maximum Gasteiger partial charge on any atom is 0.326 e. The van der Waals surface area contributed by atoms with Crippen molar-refractivity contribution in [2.75, 3.05) is 0 Å². The van der Waals surface area contributed by atoms with Crippen molar-refractivity contribution in [3.8, 4) is 0 Å². The Morgan fingerprint density at radius 3 is 2.53 bits per heavy atom. The van der Waals surface area contributed by atoms with Crippen LogP contribution in [-0.2, 0) is 20.8 Å². The third kappa shape index (κ3) is 5.62. The van der Waals surface area contributed by atoms with Crippen molar-refractivity contribution >= 4 is 17.8 Å². The summed E-state index contributed by atoms with van der Waals surface area (Å²) >= 11 is 0. The second-order valence-corrected chi connectivity index (χ2v) is 3.88. The van der Waals surface area contributed by atoms with E-state index < -0.39 is 30.3 Å². The number of rotatable bonds is 7. The summed E-state index contributed by atoms with van der Waals surface area (Å²) in [5.41, 5.74) is 0.711. The highest BCUT2D eigenvalue weighted by molar-refractivity contribution is 5.86. The smallest absolute Gasteiger partial charge is 0.326 e. The van der Waals surface area contributed by atoms with E-state index in [1.807, 2.05) is 0 Å². The lowest BCUT2D eigenvalue weighted by atomic mass is 10.1. The maximum atomic E-state index is 11.5. The summed E-state index contributed by atoms with van der Waals surface area (Å²) < 4.78 is 0. The first-order valence-corrected chi connectivity index (χ1v) is 5.63. The minimum atomic E-state index is -1.41. The SMILES string of the molecule is O=C(O)CC(NC(=O)CCc1ccccn1)C(=O)O. The predicted octanol–water partition coefficient (Wildman–Crippen LogP) is 0.0583. The topological polar surface area (TPSA) is 117 Å².